The van der Waals surface area contributed by atoms with Crippen molar-refractivity contribution in [2.75, 3.05) is 0 Å². The Kier molecular flexibility index (Phi) is 5.71. The fourth-order valence-corrected chi connectivity index (χ4v) is 3.83. The number of benzene rings is 1. The average molecular weight is 356 g/mol. The summed E-state index contributed by atoms with van der Waals surface area (Å²) in [6.07, 6.45) is 10.6. The number of nitrogens with one attached hydrogen (secondary N) is 1. The van der Waals surface area contributed by atoms with E-state index in [-0.39, 0.29) is 11.4 Å². The van der Waals surface area contributed by atoms with Crippen LogP contribution in [0.15, 0.2) is 35.5 Å². The van der Waals surface area contributed by atoms with Gasteiger partial charge in [-0.05, 0) is 55.0 Å². The monoisotopic (exact) mass is 356 g/mol. The van der Waals surface area contributed by atoms with Gasteiger partial charge in [0, 0.05) is 36.6 Å². The Morgan fingerprint density at radius 3 is 2.88 bits per heavy atom. The zero-order valence-corrected chi connectivity index (χ0v) is 14.7. The van der Waals surface area contributed by atoms with Crippen LogP contribution in [-0.2, 0) is 13.5 Å². The van der Waals surface area contributed by atoms with Crippen LogP contribution >= 0.6 is 0 Å². The SMILES string of the molecule is Cn1nccc1C1CCCC1Cc1cc(F)c(/C=C/C=N\C=N)cc1F. The minimum atomic E-state index is -0.448. The van der Waals surface area contributed by atoms with Crippen LogP contribution in [0, 0.1) is 23.0 Å². The maximum atomic E-state index is 14.5. The average Bonchev–Trinajstić information content (AvgIpc) is 3.24. The van der Waals surface area contributed by atoms with Crippen LogP contribution in [-0.4, -0.2) is 22.3 Å². The lowest BCUT2D eigenvalue weighted by molar-refractivity contribution is 0.446. The number of aryl methyl sites for hydroxylation is 1. The standard InChI is InChI=1S/C20H22F2N4/c1-26-20(7-9-25-26)17-6-2-4-14(17)10-16-12-18(21)15(11-19(16)22)5-3-8-24-13-23/h3,5,7-9,11-14,17,23H,2,4,6,10H2,1H3/b5-3+,23-13?,24-8-. The molecule has 1 heterocycles. The fourth-order valence-electron chi connectivity index (χ4n) is 3.83. The molecule has 0 saturated heterocycles. The first-order valence-corrected chi connectivity index (χ1v) is 8.74. The van der Waals surface area contributed by atoms with Gasteiger partial charge in [-0.3, -0.25) is 10.1 Å². The number of aromatic nitrogens is 2. The van der Waals surface area contributed by atoms with Crippen molar-refractivity contribution in [3.05, 3.63) is 58.9 Å². The van der Waals surface area contributed by atoms with Crippen LogP contribution in [0.4, 0.5) is 8.78 Å². The topological polar surface area (TPSA) is 54.0 Å². The number of nitrogens with zero attached hydrogens (tertiary/aromatic N) is 3. The lowest BCUT2D eigenvalue weighted by Crippen LogP contribution is -2.14. The molecular formula is C20H22F2N4. The Morgan fingerprint density at radius 1 is 1.31 bits per heavy atom. The van der Waals surface area contributed by atoms with E-state index in [4.69, 9.17) is 5.41 Å². The maximum absolute atomic E-state index is 14.5. The van der Waals surface area contributed by atoms with E-state index in [1.54, 1.807) is 6.20 Å². The Bertz CT molecular complexity index is 838. The van der Waals surface area contributed by atoms with Gasteiger partial charge in [-0.15, -0.1) is 0 Å². The zero-order chi connectivity index (χ0) is 18.5. The molecule has 26 heavy (non-hydrogen) atoms. The molecule has 0 aliphatic heterocycles. The lowest BCUT2D eigenvalue weighted by atomic mass is 9.87. The van der Waals surface area contributed by atoms with Crippen molar-refractivity contribution >= 4 is 18.6 Å². The van der Waals surface area contributed by atoms with Gasteiger partial charge in [0.25, 0.3) is 0 Å². The summed E-state index contributed by atoms with van der Waals surface area (Å²) in [6, 6.07) is 4.55. The summed E-state index contributed by atoms with van der Waals surface area (Å²) in [4.78, 5) is 3.57. The Morgan fingerprint density at radius 2 is 2.15 bits per heavy atom. The molecule has 2 aromatic rings. The summed E-state index contributed by atoms with van der Waals surface area (Å²) in [5.74, 6) is -0.205. The van der Waals surface area contributed by atoms with Crippen LogP contribution in [0.2, 0.25) is 0 Å². The molecule has 1 aromatic heterocycles. The van der Waals surface area contributed by atoms with Gasteiger partial charge in [0.15, 0.2) is 0 Å². The van der Waals surface area contributed by atoms with Crippen LogP contribution in [0.25, 0.3) is 6.08 Å². The Hall–Kier alpha value is -2.63. The van der Waals surface area contributed by atoms with E-state index in [0.717, 1.165) is 25.6 Å². The Labute approximate surface area is 151 Å². The zero-order valence-electron chi connectivity index (χ0n) is 14.7. The summed E-state index contributed by atoms with van der Waals surface area (Å²) in [5, 5.41) is 11.0. The van der Waals surface area contributed by atoms with E-state index < -0.39 is 5.82 Å². The second-order valence-electron chi connectivity index (χ2n) is 6.63. The van der Waals surface area contributed by atoms with E-state index in [1.165, 1.54) is 36.2 Å². The van der Waals surface area contributed by atoms with Gasteiger partial charge < -0.3 is 0 Å². The molecular weight excluding hydrogens is 334 g/mol. The first-order valence-electron chi connectivity index (χ1n) is 8.74. The first-order chi connectivity index (χ1) is 12.6. The molecule has 4 nitrogen and oxygen atoms in total. The summed E-state index contributed by atoms with van der Waals surface area (Å²) >= 11 is 0. The molecule has 1 fully saturated rings. The highest BCUT2D eigenvalue weighted by Gasteiger charge is 2.31. The van der Waals surface area contributed by atoms with Crippen molar-refractivity contribution in [2.24, 2.45) is 18.0 Å². The van der Waals surface area contributed by atoms with Gasteiger partial charge in [-0.25, -0.2) is 13.8 Å². The molecule has 1 aromatic carbocycles. The van der Waals surface area contributed by atoms with Gasteiger partial charge in [-0.1, -0.05) is 12.5 Å². The molecule has 0 radical (unpaired) electrons. The molecule has 2 unspecified atom stereocenters. The van der Waals surface area contributed by atoms with Crippen molar-refractivity contribution in [1.29, 1.82) is 5.41 Å². The highest BCUT2D eigenvalue weighted by molar-refractivity contribution is 5.83. The quantitative estimate of drug-likeness (QED) is 0.601. The number of aliphatic imine (C=N–C) groups is 1. The van der Waals surface area contributed by atoms with E-state index in [9.17, 15) is 8.78 Å². The number of allylic oxidation sites excluding steroid dienone is 1. The normalized spacial score (nSPS) is 20.4. The fraction of sp³-hybridized carbons (Fsp3) is 0.350. The molecule has 2 atom stereocenters. The minimum absolute atomic E-state index is 0.178. The number of rotatable bonds is 6. The molecule has 0 amide bonds. The second kappa shape index (κ2) is 8.17. The third-order valence-electron chi connectivity index (χ3n) is 5.07. The highest BCUT2D eigenvalue weighted by atomic mass is 19.1. The molecule has 0 spiro atoms. The van der Waals surface area contributed by atoms with E-state index in [1.807, 2.05) is 17.8 Å². The predicted octanol–water partition coefficient (Wildman–Crippen LogP) is 4.52. The van der Waals surface area contributed by atoms with Gasteiger partial charge in [0.05, 0.1) is 0 Å². The van der Waals surface area contributed by atoms with Crippen molar-refractivity contribution in [1.82, 2.24) is 9.78 Å². The van der Waals surface area contributed by atoms with Gasteiger partial charge in [0.2, 0.25) is 0 Å². The van der Waals surface area contributed by atoms with Crippen molar-refractivity contribution < 1.29 is 8.78 Å². The first kappa shape index (κ1) is 18.2. The second-order valence-corrected chi connectivity index (χ2v) is 6.63. The summed E-state index contributed by atoms with van der Waals surface area (Å²) in [5.41, 5.74) is 1.77. The van der Waals surface area contributed by atoms with E-state index in [0.29, 0.717) is 23.8 Å². The summed E-state index contributed by atoms with van der Waals surface area (Å²) in [6.45, 7) is 0. The van der Waals surface area contributed by atoms with Crippen molar-refractivity contribution in [3.63, 3.8) is 0 Å². The number of hydrogen-bond acceptors (Lipinski definition) is 2. The molecule has 1 N–H and O–H groups in total. The molecule has 1 aliphatic rings. The smallest absolute Gasteiger partial charge is 0.130 e. The number of halogens is 2. The van der Waals surface area contributed by atoms with Crippen LogP contribution in [0.3, 0.4) is 0 Å². The molecule has 3 rings (SSSR count). The van der Waals surface area contributed by atoms with Crippen molar-refractivity contribution in [3.8, 4) is 0 Å². The van der Waals surface area contributed by atoms with E-state index >= 15 is 0 Å². The molecule has 136 valence electrons. The molecule has 0 bridgehead atoms. The van der Waals surface area contributed by atoms with Crippen LogP contribution in [0.1, 0.15) is 42.0 Å². The molecule has 1 aliphatic carbocycles. The summed E-state index contributed by atoms with van der Waals surface area (Å²) < 4.78 is 30.7. The largest absolute Gasteiger partial charge is 0.290 e. The lowest BCUT2D eigenvalue weighted by Gasteiger charge is -2.20. The maximum Gasteiger partial charge on any atom is 0.130 e. The predicted molar refractivity (Wildman–Crippen MR) is 99.7 cm³/mol. The van der Waals surface area contributed by atoms with Crippen LogP contribution < -0.4 is 0 Å². The van der Waals surface area contributed by atoms with Gasteiger partial charge in [0.1, 0.15) is 18.0 Å². The van der Waals surface area contributed by atoms with E-state index in [2.05, 4.69) is 10.1 Å². The van der Waals surface area contributed by atoms with Crippen molar-refractivity contribution in [2.45, 2.75) is 31.6 Å². The minimum Gasteiger partial charge on any atom is -0.290 e. The summed E-state index contributed by atoms with van der Waals surface area (Å²) in [7, 11) is 1.92. The van der Waals surface area contributed by atoms with Gasteiger partial charge >= 0.3 is 0 Å². The third kappa shape index (κ3) is 3.95. The molecule has 1 saturated carbocycles. The van der Waals surface area contributed by atoms with Gasteiger partial charge in [-0.2, -0.15) is 5.10 Å². The highest BCUT2D eigenvalue weighted by Crippen LogP contribution is 2.41. The third-order valence-corrected chi connectivity index (χ3v) is 5.07. The van der Waals surface area contributed by atoms with Crippen LogP contribution in [0.5, 0.6) is 0 Å². The number of hydrogen-bond donors (Lipinski definition) is 1. The Balaban J connectivity index is 1.78. The molecule has 6 heteroatoms.